The van der Waals surface area contributed by atoms with Crippen LogP contribution in [0.4, 0.5) is 0 Å². The highest BCUT2D eigenvalue weighted by Gasteiger charge is 2.16. The second kappa shape index (κ2) is 5.41. The zero-order chi connectivity index (χ0) is 11.2. The normalized spacial score (nSPS) is 15.9. The first kappa shape index (κ1) is 10.8. The molecule has 16 heavy (non-hydrogen) atoms. The number of hydrogen-bond donors (Lipinski definition) is 0. The molecular weight excluding hydrogens is 210 g/mol. The van der Waals surface area contributed by atoms with Gasteiger partial charge in [0.1, 0.15) is 6.33 Å². The van der Waals surface area contributed by atoms with Crippen LogP contribution in [0, 0.1) is 0 Å². The van der Waals surface area contributed by atoms with E-state index in [9.17, 15) is 4.79 Å². The van der Waals surface area contributed by atoms with E-state index >= 15 is 0 Å². The number of ether oxygens (including phenoxy) is 2. The topological polar surface area (TPSA) is 64.5 Å². The van der Waals surface area contributed by atoms with Crippen LogP contribution >= 0.6 is 0 Å². The molecule has 0 N–H and O–H groups in total. The van der Waals surface area contributed by atoms with Crippen molar-refractivity contribution in [1.82, 2.24) is 14.9 Å². The molecule has 1 amide bonds. The summed E-state index contributed by atoms with van der Waals surface area (Å²) in [5, 5.41) is 0. The number of carbonyl (C=O) groups excluding carboxylic acids is 1. The van der Waals surface area contributed by atoms with Crippen LogP contribution in [0.1, 0.15) is 0 Å². The number of rotatable bonds is 3. The Bertz CT molecular complexity index is 338. The van der Waals surface area contributed by atoms with Gasteiger partial charge in [-0.1, -0.05) is 0 Å². The monoisotopic (exact) mass is 223 g/mol. The summed E-state index contributed by atoms with van der Waals surface area (Å²) in [5.41, 5.74) is 0. The van der Waals surface area contributed by atoms with Gasteiger partial charge in [0.15, 0.2) is 12.4 Å². The highest BCUT2D eigenvalue weighted by atomic mass is 16.5. The van der Waals surface area contributed by atoms with Gasteiger partial charge in [-0.2, -0.15) is 0 Å². The Balaban J connectivity index is 1.79. The van der Waals surface area contributed by atoms with E-state index in [0.29, 0.717) is 32.1 Å². The molecule has 0 bridgehead atoms. The van der Waals surface area contributed by atoms with Crippen molar-refractivity contribution in [3.63, 3.8) is 0 Å². The van der Waals surface area contributed by atoms with E-state index in [2.05, 4.69) is 9.97 Å². The molecule has 6 heteroatoms. The van der Waals surface area contributed by atoms with E-state index in [1.807, 2.05) is 0 Å². The van der Waals surface area contributed by atoms with Crippen molar-refractivity contribution in [1.29, 1.82) is 0 Å². The molecule has 0 aliphatic carbocycles. The summed E-state index contributed by atoms with van der Waals surface area (Å²) in [6.45, 7) is 2.48. The molecular formula is C10H13N3O3. The van der Waals surface area contributed by atoms with Crippen LogP contribution in [0.2, 0.25) is 0 Å². The van der Waals surface area contributed by atoms with Crippen LogP contribution in [-0.2, 0) is 9.53 Å². The SMILES string of the molecule is O=C(COc1cncnc1)N1CCOCC1. The first-order valence-electron chi connectivity index (χ1n) is 5.09. The molecule has 1 aromatic heterocycles. The van der Waals surface area contributed by atoms with Crippen molar-refractivity contribution >= 4 is 5.91 Å². The Hall–Kier alpha value is -1.69. The highest BCUT2D eigenvalue weighted by molar-refractivity contribution is 5.77. The van der Waals surface area contributed by atoms with Crippen molar-refractivity contribution in [3.05, 3.63) is 18.7 Å². The van der Waals surface area contributed by atoms with Gasteiger partial charge in [0.25, 0.3) is 5.91 Å². The van der Waals surface area contributed by atoms with Gasteiger partial charge >= 0.3 is 0 Å². The minimum atomic E-state index is -0.0350. The lowest BCUT2D eigenvalue weighted by molar-refractivity contribution is -0.137. The number of nitrogens with zero attached hydrogens (tertiary/aromatic N) is 3. The summed E-state index contributed by atoms with van der Waals surface area (Å²) >= 11 is 0. The van der Waals surface area contributed by atoms with Crippen molar-refractivity contribution in [3.8, 4) is 5.75 Å². The third kappa shape index (κ3) is 2.90. The van der Waals surface area contributed by atoms with Gasteiger partial charge in [-0.25, -0.2) is 9.97 Å². The first-order chi connectivity index (χ1) is 7.86. The fraction of sp³-hybridized carbons (Fsp3) is 0.500. The average molecular weight is 223 g/mol. The predicted octanol–water partition coefficient (Wildman–Crippen LogP) is -0.286. The Labute approximate surface area is 93.2 Å². The molecule has 0 unspecified atom stereocenters. The fourth-order valence-electron chi connectivity index (χ4n) is 1.41. The standard InChI is InChI=1S/C10H13N3O3/c14-10(13-1-3-15-4-2-13)7-16-9-5-11-8-12-6-9/h5-6,8H,1-4,7H2. The molecule has 1 saturated heterocycles. The van der Waals surface area contributed by atoms with E-state index in [0.717, 1.165) is 0 Å². The van der Waals surface area contributed by atoms with Gasteiger partial charge in [-0.15, -0.1) is 0 Å². The van der Waals surface area contributed by atoms with Crippen molar-refractivity contribution in [2.75, 3.05) is 32.9 Å². The van der Waals surface area contributed by atoms with E-state index in [1.165, 1.54) is 18.7 Å². The lowest BCUT2D eigenvalue weighted by Crippen LogP contribution is -2.42. The minimum Gasteiger partial charge on any atom is -0.481 e. The van der Waals surface area contributed by atoms with Crippen LogP contribution in [0.5, 0.6) is 5.75 Å². The summed E-state index contributed by atoms with van der Waals surface area (Å²) in [4.78, 5) is 21.0. The molecule has 0 radical (unpaired) electrons. The van der Waals surface area contributed by atoms with E-state index in [4.69, 9.17) is 9.47 Å². The molecule has 86 valence electrons. The van der Waals surface area contributed by atoms with Gasteiger partial charge in [0.05, 0.1) is 25.6 Å². The van der Waals surface area contributed by atoms with Crippen LogP contribution in [0.3, 0.4) is 0 Å². The Morgan fingerprint density at radius 3 is 2.75 bits per heavy atom. The van der Waals surface area contributed by atoms with Gasteiger partial charge in [0.2, 0.25) is 0 Å². The molecule has 1 aliphatic rings. The minimum absolute atomic E-state index is 0.0212. The average Bonchev–Trinajstić information content (AvgIpc) is 2.38. The quantitative estimate of drug-likeness (QED) is 0.704. The van der Waals surface area contributed by atoms with Crippen molar-refractivity contribution in [2.45, 2.75) is 0 Å². The molecule has 2 rings (SSSR count). The zero-order valence-corrected chi connectivity index (χ0v) is 8.83. The predicted molar refractivity (Wildman–Crippen MR) is 54.9 cm³/mol. The molecule has 0 atom stereocenters. The van der Waals surface area contributed by atoms with Gasteiger partial charge in [-0.3, -0.25) is 4.79 Å². The second-order valence-corrected chi connectivity index (χ2v) is 3.36. The summed E-state index contributed by atoms with van der Waals surface area (Å²) < 4.78 is 10.4. The molecule has 1 aromatic rings. The lowest BCUT2D eigenvalue weighted by atomic mass is 10.4. The smallest absolute Gasteiger partial charge is 0.260 e. The number of amides is 1. The summed E-state index contributed by atoms with van der Waals surface area (Å²) in [7, 11) is 0. The van der Waals surface area contributed by atoms with E-state index in [-0.39, 0.29) is 12.5 Å². The molecule has 0 spiro atoms. The maximum atomic E-state index is 11.7. The van der Waals surface area contributed by atoms with Crippen LogP contribution in [0.25, 0.3) is 0 Å². The van der Waals surface area contributed by atoms with E-state index in [1.54, 1.807) is 4.90 Å². The Morgan fingerprint density at radius 2 is 2.06 bits per heavy atom. The fourth-order valence-corrected chi connectivity index (χ4v) is 1.41. The largest absolute Gasteiger partial charge is 0.481 e. The van der Waals surface area contributed by atoms with E-state index < -0.39 is 0 Å². The second-order valence-electron chi connectivity index (χ2n) is 3.36. The Morgan fingerprint density at radius 1 is 1.38 bits per heavy atom. The van der Waals surface area contributed by atoms with Gasteiger partial charge in [-0.05, 0) is 0 Å². The van der Waals surface area contributed by atoms with Crippen molar-refractivity contribution in [2.24, 2.45) is 0 Å². The Kier molecular flexibility index (Phi) is 3.66. The van der Waals surface area contributed by atoms with Gasteiger partial charge < -0.3 is 14.4 Å². The van der Waals surface area contributed by atoms with Crippen LogP contribution < -0.4 is 4.74 Å². The summed E-state index contributed by atoms with van der Waals surface area (Å²) in [5.74, 6) is 0.469. The molecule has 2 heterocycles. The first-order valence-corrected chi connectivity index (χ1v) is 5.09. The third-order valence-electron chi connectivity index (χ3n) is 2.26. The molecule has 6 nitrogen and oxygen atoms in total. The lowest BCUT2D eigenvalue weighted by Gasteiger charge is -2.26. The summed E-state index contributed by atoms with van der Waals surface area (Å²) in [6.07, 6.45) is 4.47. The van der Waals surface area contributed by atoms with Crippen LogP contribution in [0.15, 0.2) is 18.7 Å². The van der Waals surface area contributed by atoms with Crippen LogP contribution in [-0.4, -0.2) is 53.7 Å². The number of aromatic nitrogens is 2. The number of hydrogen-bond acceptors (Lipinski definition) is 5. The number of carbonyl (C=O) groups is 1. The van der Waals surface area contributed by atoms with Crippen molar-refractivity contribution < 1.29 is 14.3 Å². The highest BCUT2D eigenvalue weighted by Crippen LogP contribution is 2.05. The summed E-state index contributed by atoms with van der Waals surface area (Å²) in [6, 6.07) is 0. The number of morpholine rings is 1. The molecule has 0 saturated carbocycles. The molecule has 0 aromatic carbocycles. The zero-order valence-electron chi connectivity index (χ0n) is 8.83. The molecule has 1 fully saturated rings. The maximum absolute atomic E-state index is 11.7. The van der Waals surface area contributed by atoms with Gasteiger partial charge in [0, 0.05) is 13.1 Å². The maximum Gasteiger partial charge on any atom is 0.260 e. The third-order valence-corrected chi connectivity index (χ3v) is 2.26. The molecule has 1 aliphatic heterocycles.